The van der Waals surface area contributed by atoms with Crippen molar-refractivity contribution in [1.29, 1.82) is 0 Å². The summed E-state index contributed by atoms with van der Waals surface area (Å²) in [5.74, 6) is 2.96. The number of carbonyl (C=O) groups is 1. The second-order valence-electron chi connectivity index (χ2n) is 3.02. The summed E-state index contributed by atoms with van der Waals surface area (Å²) >= 11 is 8.13. The number of rotatable bonds is 6. The number of ether oxygens (including phenoxy) is 1. The highest BCUT2D eigenvalue weighted by molar-refractivity contribution is 8.47. The lowest BCUT2D eigenvalue weighted by Crippen LogP contribution is -2.18. The van der Waals surface area contributed by atoms with Crippen molar-refractivity contribution < 1.29 is 9.53 Å². The van der Waals surface area contributed by atoms with Crippen LogP contribution >= 0.6 is 35.7 Å². The van der Waals surface area contributed by atoms with Crippen molar-refractivity contribution in [3.05, 3.63) is 0 Å². The van der Waals surface area contributed by atoms with Crippen LogP contribution in [0.25, 0.3) is 0 Å². The zero-order chi connectivity index (χ0) is 12.4. The lowest BCUT2D eigenvalue weighted by Gasteiger charge is -2.09. The van der Waals surface area contributed by atoms with Gasteiger partial charge in [-0.1, -0.05) is 43.2 Å². The normalized spacial score (nSPS) is 11.6. The number of hydrogen-bond donors (Lipinski definition) is 0. The fourth-order valence-electron chi connectivity index (χ4n) is 0.756. The summed E-state index contributed by atoms with van der Waals surface area (Å²) in [7, 11) is 0. The van der Waals surface area contributed by atoms with E-state index in [1.807, 2.05) is 0 Å². The van der Waals surface area contributed by atoms with Crippen molar-refractivity contribution >= 4 is 45.2 Å². The van der Waals surface area contributed by atoms with Gasteiger partial charge in [-0.25, -0.2) is 0 Å². The Kier molecular flexibility index (Phi) is 9.89. The summed E-state index contributed by atoms with van der Waals surface area (Å²) in [6.07, 6.45) is 7.29. The second-order valence-corrected chi connectivity index (χ2v) is 6.66. The number of terminal acetylenes is 1. The monoisotopic (exact) mass is 276 g/mol. The zero-order valence-corrected chi connectivity index (χ0v) is 12.0. The molecule has 0 aromatic rings. The van der Waals surface area contributed by atoms with Gasteiger partial charge in [0, 0.05) is 0 Å². The summed E-state index contributed by atoms with van der Waals surface area (Å²) in [6.45, 7) is 3.94. The van der Waals surface area contributed by atoms with Crippen LogP contribution in [0.5, 0.6) is 0 Å². The fourth-order valence-corrected chi connectivity index (χ4v) is 3.45. The van der Waals surface area contributed by atoms with Crippen molar-refractivity contribution in [3.63, 3.8) is 0 Å². The molecule has 2 nitrogen and oxygen atoms in total. The molecule has 0 heterocycles. The van der Waals surface area contributed by atoms with Crippen molar-refractivity contribution in [1.82, 2.24) is 0 Å². The number of thiocarbonyl (C=S) groups is 1. The molecule has 0 fully saturated rings. The van der Waals surface area contributed by atoms with E-state index in [9.17, 15) is 4.79 Å². The predicted octanol–water partition coefficient (Wildman–Crippen LogP) is 3.10. The number of carbonyl (C=O) groups excluding carboxylic acids is 1. The highest BCUT2D eigenvalue weighted by atomic mass is 32.2. The van der Waals surface area contributed by atoms with Crippen LogP contribution in [0, 0.1) is 12.3 Å². The molecule has 16 heavy (non-hydrogen) atoms. The summed E-state index contributed by atoms with van der Waals surface area (Å²) in [6, 6.07) is 0. The SMILES string of the molecule is C#CCOC(=O)C(C)SC(=S)SCCCC. The van der Waals surface area contributed by atoms with E-state index >= 15 is 0 Å². The molecule has 0 radical (unpaired) electrons. The first-order valence-electron chi connectivity index (χ1n) is 5.05. The van der Waals surface area contributed by atoms with Crippen LogP contribution in [-0.2, 0) is 9.53 Å². The number of thioether (sulfide) groups is 2. The average molecular weight is 276 g/mol. The Morgan fingerprint density at radius 1 is 1.62 bits per heavy atom. The smallest absolute Gasteiger partial charge is 0.320 e. The minimum Gasteiger partial charge on any atom is -0.452 e. The molecule has 0 rings (SSSR count). The van der Waals surface area contributed by atoms with Crippen LogP contribution in [0.3, 0.4) is 0 Å². The van der Waals surface area contributed by atoms with Gasteiger partial charge in [0.05, 0.1) is 0 Å². The van der Waals surface area contributed by atoms with E-state index in [0.29, 0.717) is 0 Å². The molecule has 0 N–H and O–H groups in total. The van der Waals surface area contributed by atoms with Gasteiger partial charge in [0.2, 0.25) is 0 Å². The molecule has 0 amide bonds. The molecule has 1 unspecified atom stereocenters. The molecule has 0 aliphatic rings. The summed E-state index contributed by atoms with van der Waals surface area (Å²) in [5, 5.41) is -0.282. The molecule has 0 aromatic heterocycles. The van der Waals surface area contributed by atoms with Crippen LogP contribution in [0.2, 0.25) is 0 Å². The molecule has 0 aliphatic carbocycles. The maximum Gasteiger partial charge on any atom is 0.320 e. The zero-order valence-electron chi connectivity index (χ0n) is 9.52. The molecule has 0 saturated carbocycles. The van der Waals surface area contributed by atoms with Crippen molar-refractivity contribution in [3.8, 4) is 12.3 Å². The maximum atomic E-state index is 11.4. The topological polar surface area (TPSA) is 26.3 Å². The summed E-state index contributed by atoms with van der Waals surface area (Å²) in [4.78, 5) is 11.4. The predicted molar refractivity (Wildman–Crippen MR) is 76.8 cm³/mol. The molecule has 0 bridgehead atoms. The molecule has 90 valence electrons. The molecule has 1 atom stereocenters. The standard InChI is InChI=1S/C11H16O2S3/c1-4-6-8-15-11(14)16-9(3)10(12)13-7-5-2/h2,9H,4,6-8H2,1,3H3. The first kappa shape index (κ1) is 15.8. The third kappa shape index (κ3) is 8.03. The molecule has 0 saturated heterocycles. The Bertz CT molecular complexity index is 271. The first-order chi connectivity index (χ1) is 7.61. The first-order valence-corrected chi connectivity index (χ1v) is 7.32. The average Bonchev–Trinajstić information content (AvgIpc) is 2.26. The Morgan fingerprint density at radius 2 is 2.31 bits per heavy atom. The molecular weight excluding hydrogens is 260 g/mol. The van der Waals surface area contributed by atoms with Crippen molar-refractivity contribution in [2.24, 2.45) is 0 Å². The van der Waals surface area contributed by atoms with Gasteiger partial charge in [0.15, 0.2) is 6.61 Å². The van der Waals surface area contributed by atoms with E-state index in [4.69, 9.17) is 23.4 Å². The molecule has 0 spiro atoms. The molecule has 0 aliphatic heterocycles. The van der Waals surface area contributed by atoms with Gasteiger partial charge >= 0.3 is 5.97 Å². The van der Waals surface area contributed by atoms with E-state index in [2.05, 4.69) is 12.8 Å². The Morgan fingerprint density at radius 3 is 2.88 bits per heavy atom. The third-order valence-electron chi connectivity index (χ3n) is 1.62. The van der Waals surface area contributed by atoms with Gasteiger partial charge < -0.3 is 4.74 Å². The van der Waals surface area contributed by atoms with Crippen LogP contribution in [0.4, 0.5) is 0 Å². The lowest BCUT2D eigenvalue weighted by atomic mass is 10.4. The van der Waals surface area contributed by atoms with Gasteiger partial charge in [-0.3, -0.25) is 4.79 Å². The summed E-state index contributed by atoms with van der Waals surface area (Å²) < 4.78 is 5.61. The lowest BCUT2D eigenvalue weighted by molar-refractivity contribution is -0.141. The number of esters is 1. The van der Waals surface area contributed by atoms with Gasteiger partial charge in [-0.05, 0) is 19.1 Å². The largest absolute Gasteiger partial charge is 0.452 e. The van der Waals surface area contributed by atoms with E-state index in [-0.39, 0.29) is 17.8 Å². The van der Waals surface area contributed by atoms with Crippen LogP contribution in [0.15, 0.2) is 0 Å². The quantitative estimate of drug-likeness (QED) is 0.321. The van der Waals surface area contributed by atoms with E-state index < -0.39 is 0 Å². The van der Waals surface area contributed by atoms with Crippen LogP contribution in [0.1, 0.15) is 26.7 Å². The van der Waals surface area contributed by atoms with Gasteiger partial charge in [-0.2, -0.15) is 0 Å². The molecule has 0 aromatic carbocycles. The fraction of sp³-hybridized carbons (Fsp3) is 0.636. The maximum absolute atomic E-state index is 11.4. The minimum atomic E-state index is -0.304. The Balaban J connectivity index is 3.77. The summed E-state index contributed by atoms with van der Waals surface area (Å²) in [5.41, 5.74) is 0. The number of hydrogen-bond acceptors (Lipinski definition) is 5. The van der Waals surface area contributed by atoms with Crippen molar-refractivity contribution in [2.75, 3.05) is 12.4 Å². The van der Waals surface area contributed by atoms with Crippen LogP contribution in [-0.4, -0.2) is 27.1 Å². The molecule has 5 heteroatoms. The highest BCUT2D eigenvalue weighted by Gasteiger charge is 2.16. The number of unbranched alkanes of at least 4 members (excludes halogenated alkanes) is 1. The molecular formula is C11H16O2S3. The highest BCUT2D eigenvalue weighted by Crippen LogP contribution is 2.23. The second kappa shape index (κ2) is 10.0. The van der Waals surface area contributed by atoms with Gasteiger partial charge in [0.25, 0.3) is 0 Å². The van der Waals surface area contributed by atoms with Gasteiger partial charge in [-0.15, -0.1) is 18.2 Å². The van der Waals surface area contributed by atoms with E-state index in [0.717, 1.165) is 22.1 Å². The van der Waals surface area contributed by atoms with E-state index in [1.54, 1.807) is 18.7 Å². The van der Waals surface area contributed by atoms with E-state index in [1.165, 1.54) is 11.8 Å². The van der Waals surface area contributed by atoms with Crippen LogP contribution < -0.4 is 0 Å². The Hall–Kier alpha value is -0.180. The Labute approximate surface area is 111 Å². The van der Waals surface area contributed by atoms with Crippen molar-refractivity contribution in [2.45, 2.75) is 31.9 Å². The minimum absolute atomic E-state index is 0.0273. The van der Waals surface area contributed by atoms with Gasteiger partial charge in [0.1, 0.15) is 8.78 Å². The third-order valence-corrected chi connectivity index (χ3v) is 4.37.